The van der Waals surface area contributed by atoms with E-state index in [0.717, 1.165) is 22.9 Å². The molecule has 2 heterocycles. The second-order valence-corrected chi connectivity index (χ2v) is 4.03. The maximum absolute atomic E-state index is 5.49. The highest BCUT2D eigenvalue weighted by Crippen LogP contribution is 2.09. The van der Waals surface area contributed by atoms with Crippen LogP contribution in [0.2, 0.25) is 0 Å². The first-order valence-electron chi connectivity index (χ1n) is 4.41. The molecule has 0 aliphatic carbocycles. The second-order valence-electron chi connectivity index (χ2n) is 3.09. The molecule has 2 aromatic heterocycles. The molecular formula is C9H12N4S. The number of hydrogen-bond acceptors (Lipinski definition) is 4. The van der Waals surface area contributed by atoms with E-state index >= 15 is 0 Å². The van der Waals surface area contributed by atoms with Gasteiger partial charge in [0.05, 0.1) is 17.9 Å². The summed E-state index contributed by atoms with van der Waals surface area (Å²) in [6.45, 7) is 3.22. The van der Waals surface area contributed by atoms with Crippen molar-refractivity contribution in [3.05, 3.63) is 34.0 Å². The van der Waals surface area contributed by atoms with Crippen molar-refractivity contribution >= 4 is 11.3 Å². The van der Waals surface area contributed by atoms with Gasteiger partial charge in [-0.15, -0.1) is 11.3 Å². The number of aryl methyl sites for hydroxylation is 1. The molecular weight excluding hydrogens is 196 g/mol. The minimum atomic E-state index is 0.517. The molecule has 0 saturated heterocycles. The van der Waals surface area contributed by atoms with Crippen LogP contribution in [-0.2, 0) is 13.1 Å². The van der Waals surface area contributed by atoms with Gasteiger partial charge in [-0.1, -0.05) is 0 Å². The number of nitrogens with zero attached hydrogens (tertiary/aromatic N) is 3. The van der Waals surface area contributed by atoms with Crippen LogP contribution < -0.4 is 5.73 Å². The van der Waals surface area contributed by atoms with Gasteiger partial charge in [-0.2, -0.15) is 5.10 Å². The van der Waals surface area contributed by atoms with Gasteiger partial charge in [0, 0.05) is 18.1 Å². The van der Waals surface area contributed by atoms with Gasteiger partial charge >= 0.3 is 0 Å². The molecule has 2 rings (SSSR count). The van der Waals surface area contributed by atoms with E-state index in [9.17, 15) is 0 Å². The van der Waals surface area contributed by atoms with Crippen molar-refractivity contribution in [2.75, 3.05) is 0 Å². The molecule has 4 nitrogen and oxygen atoms in total. The fourth-order valence-electron chi connectivity index (χ4n) is 1.23. The molecule has 74 valence electrons. The van der Waals surface area contributed by atoms with Gasteiger partial charge in [-0.05, 0) is 13.0 Å². The Kier molecular flexibility index (Phi) is 2.60. The fourth-order valence-corrected chi connectivity index (χ4v) is 1.90. The van der Waals surface area contributed by atoms with Crippen LogP contribution in [0, 0.1) is 6.92 Å². The molecule has 5 heteroatoms. The summed E-state index contributed by atoms with van der Waals surface area (Å²) in [6, 6.07) is 1.98. The minimum Gasteiger partial charge on any atom is -0.325 e. The highest BCUT2D eigenvalue weighted by atomic mass is 32.1. The van der Waals surface area contributed by atoms with E-state index in [1.165, 1.54) is 0 Å². The fraction of sp³-hybridized carbons (Fsp3) is 0.333. The summed E-state index contributed by atoms with van der Waals surface area (Å²) < 4.78 is 1.88. The SMILES string of the molecule is Cc1ccn(Cc2csc(CN)n2)n1. The number of hydrogen-bond donors (Lipinski definition) is 1. The second kappa shape index (κ2) is 3.89. The Labute approximate surface area is 86.4 Å². The van der Waals surface area contributed by atoms with Crippen LogP contribution in [0.25, 0.3) is 0 Å². The third-order valence-electron chi connectivity index (χ3n) is 1.87. The lowest BCUT2D eigenvalue weighted by molar-refractivity contribution is 0.667. The third-order valence-corrected chi connectivity index (χ3v) is 2.79. The van der Waals surface area contributed by atoms with Crippen LogP contribution in [0.3, 0.4) is 0 Å². The number of rotatable bonds is 3. The van der Waals surface area contributed by atoms with Crippen LogP contribution in [0.4, 0.5) is 0 Å². The lowest BCUT2D eigenvalue weighted by atomic mass is 10.5. The Morgan fingerprint density at radius 3 is 3.00 bits per heavy atom. The Balaban J connectivity index is 2.10. The van der Waals surface area contributed by atoms with Crippen LogP contribution in [-0.4, -0.2) is 14.8 Å². The van der Waals surface area contributed by atoms with Crippen molar-refractivity contribution in [3.8, 4) is 0 Å². The lowest BCUT2D eigenvalue weighted by Crippen LogP contribution is -2.02. The van der Waals surface area contributed by atoms with Gasteiger partial charge in [0.1, 0.15) is 5.01 Å². The minimum absolute atomic E-state index is 0.517. The Hall–Kier alpha value is -1.20. The molecule has 2 N–H and O–H groups in total. The van der Waals surface area contributed by atoms with E-state index < -0.39 is 0 Å². The lowest BCUT2D eigenvalue weighted by Gasteiger charge is -1.96. The zero-order valence-electron chi connectivity index (χ0n) is 7.97. The first-order valence-corrected chi connectivity index (χ1v) is 5.29. The van der Waals surface area contributed by atoms with Crippen molar-refractivity contribution in [1.29, 1.82) is 0 Å². The summed E-state index contributed by atoms with van der Waals surface area (Å²) in [6.07, 6.45) is 1.96. The van der Waals surface area contributed by atoms with Crippen LogP contribution in [0.1, 0.15) is 16.4 Å². The number of thiazole rings is 1. The zero-order valence-corrected chi connectivity index (χ0v) is 8.79. The molecule has 0 aliphatic heterocycles. The smallest absolute Gasteiger partial charge is 0.107 e. The Bertz CT molecular complexity index is 418. The molecule has 0 bridgehead atoms. The summed E-state index contributed by atoms with van der Waals surface area (Å²) in [7, 11) is 0. The van der Waals surface area contributed by atoms with Crippen molar-refractivity contribution in [3.63, 3.8) is 0 Å². The van der Waals surface area contributed by atoms with Crippen molar-refractivity contribution in [2.24, 2.45) is 5.73 Å². The van der Waals surface area contributed by atoms with E-state index in [-0.39, 0.29) is 0 Å². The normalized spacial score (nSPS) is 10.7. The van der Waals surface area contributed by atoms with E-state index in [1.54, 1.807) is 11.3 Å². The Morgan fingerprint density at radius 2 is 2.43 bits per heavy atom. The van der Waals surface area contributed by atoms with Crippen molar-refractivity contribution < 1.29 is 0 Å². The molecule has 0 aliphatic rings. The summed E-state index contributed by atoms with van der Waals surface area (Å²) in [5, 5.41) is 7.29. The molecule has 0 aromatic carbocycles. The maximum Gasteiger partial charge on any atom is 0.107 e. The van der Waals surface area contributed by atoms with Crippen molar-refractivity contribution in [2.45, 2.75) is 20.0 Å². The molecule has 0 amide bonds. The summed E-state index contributed by atoms with van der Waals surface area (Å²) in [4.78, 5) is 4.37. The standard InChI is InChI=1S/C9H12N4S/c1-7-2-3-13(12-7)5-8-6-14-9(4-10)11-8/h2-3,6H,4-5,10H2,1H3. The average molecular weight is 208 g/mol. The van der Waals surface area contributed by atoms with E-state index in [4.69, 9.17) is 5.73 Å². The van der Waals surface area contributed by atoms with E-state index in [2.05, 4.69) is 10.1 Å². The largest absolute Gasteiger partial charge is 0.325 e. The summed E-state index contributed by atoms with van der Waals surface area (Å²) in [5.74, 6) is 0. The summed E-state index contributed by atoms with van der Waals surface area (Å²) >= 11 is 1.60. The summed E-state index contributed by atoms with van der Waals surface area (Å²) in [5.41, 5.74) is 7.54. The first-order chi connectivity index (χ1) is 6.78. The van der Waals surface area contributed by atoms with Gasteiger partial charge < -0.3 is 5.73 Å². The van der Waals surface area contributed by atoms with Gasteiger partial charge in [0.15, 0.2) is 0 Å². The predicted molar refractivity (Wildman–Crippen MR) is 56.1 cm³/mol. The highest BCUT2D eigenvalue weighted by molar-refractivity contribution is 7.09. The quantitative estimate of drug-likeness (QED) is 0.823. The van der Waals surface area contributed by atoms with Crippen LogP contribution >= 0.6 is 11.3 Å². The van der Waals surface area contributed by atoms with Gasteiger partial charge in [0.2, 0.25) is 0 Å². The van der Waals surface area contributed by atoms with Crippen molar-refractivity contribution in [1.82, 2.24) is 14.8 Å². The number of aromatic nitrogens is 3. The van der Waals surface area contributed by atoms with Crippen LogP contribution in [0.15, 0.2) is 17.6 Å². The first kappa shape index (κ1) is 9.36. The zero-order chi connectivity index (χ0) is 9.97. The topological polar surface area (TPSA) is 56.7 Å². The molecule has 0 spiro atoms. The molecule has 0 unspecified atom stereocenters. The molecule has 0 atom stereocenters. The average Bonchev–Trinajstić information content (AvgIpc) is 2.76. The third kappa shape index (κ3) is 2.00. The van der Waals surface area contributed by atoms with Gasteiger partial charge in [-0.3, -0.25) is 4.68 Å². The van der Waals surface area contributed by atoms with Crippen LogP contribution in [0.5, 0.6) is 0 Å². The van der Waals surface area contributed by atoms with Gasteiger partial charge in [0.25, 0.3) is 0 Å². The van der Waals surface area contributed by atoms with E-state index in [1.807, 2.05) is 29.2 Å². The van der Waals surface area contributed by atoms with Gasteiger partial charge in [-0.25, -0.2) is 4.98 Å². The molecule has 14 heavy (non-hydrogen) atoms. The maximum atomic E-state index is 5.49. The van der Waals surface area contributed by atoms with E-state index in [0.29, 0.717) is 6.54 Å². The molecule has 0 fully saturated rings. The molecule has 0 radical (unpaired) electrons. The molecule has 0 saturated carbocycles. The monoisotopic (exact) mass is 208 g/mol. The predicted octanol–water partition coefficient (Wildman–Crippen LogP) is 1.16. The molecule has 2 aromatic rings. The highest BCUT2D eigenvalue weighted by Gasteiger charge is 2.01. The number of nitrogens with two attached hydrogens (primary N) is 1. The Morgan fingerprint density at radius 1 is 1.57 bits per heavy atom.